The number of guanidine groups is 1. The third-order valence-electron chi connectivity index (χ3n) is 5.68. The summed E-state index contributed by atoms with van der Waals surface area (Å²) < 4.78 is 1.14. The number of likely N-dealkylation sites (N-methyl/N-ethyl adjacent to an activating group) is 1. The fraction of sp³-hybridized carbons (Fsp3) is 0.600. The Morgan fingerprint density at radius 1 is 1.33 bits per heavy atom. The molecule has 0 bridgehead atoms. The van der Waals surface area contributed by atoms with Crippen molar-refractivity contribution in [3.8, 4) is 0 Å². The van der Waals surface area contributed by atoms with Crippen molar-refractivity contribution in [2.45, 2.75) is 37.1 Å². The molecule has 0 atom stereocenters. The van der Waals surface area contributed by atoms with Gasteiger partial charge in [0.25, 0.3) is 0 Å². The number of nitrogens with one attached hydrogen (secondary N) is 3. The van der Waals surface area contributed by atoms with E-state index in [1.807, 2.05) is 7.05 Å². The quantitative estimate of drug-likeness (QED) is 0.471. The zero-order valence-electron chi connectivity index (χ0n) is 16.2. The van der Waals surface area contributed by atoms with E-state index in [4.69, 9.17) is 0 Å². The number of likely N-dealkylation sites (tertiary alicyclic amines) is 1. The molecular weight excluding hydrogens is 406 g/mol. The number of benzene rings is 1. The average molecular weight is 436 g/mol. The molecule has 1 aliphatic heterocycles. The molecule has 0 radical (unpaired) electrons. The van der Waals surface area contributed by atoms with Gasteiger partial charge >= 0.3 is 0 Å². The molecule has 6 nitrogen and oxygen atoms in total. The van der Waals surface area contributed by atoms with Crippen LogP contribution in [0.3, 0.4) is 0 Å². The molecule has 1 saturated carbocycles. The lowest BCUT2D eigenvalue weighted by atomic mass is 9.96. The standard InChI is InChI=1S/C20H30BrN5O/c1-22-18(27)13-26-10-6-17(7-11-26)25-19(23-2)24-14-20(8-9-20)15-4-3-5-16(21)12-15/h3-5,12,17H,6-11,13-14H2,1-2H3,(H,22,27)(H2,23,24,25). The second-order valence-corrected chi connectivity index (χ2v) is 8.50. The maximum atomic E-state index is 11.5. The van der Waals surface area contributed by atoms with Crippen LogP contribution in [0.1, 0.15) is 31.2 Å². The highest BCUT2D eigenvalue weighted by molar-refractivity contribution is 9.10. The van der Waals surface area contributed by atoms with Crippen LogP contribution in [0.5, 0.6) is 0 Å². The van der Waals surface area contributed by atoms with Crippen LogP contribution in [0.4, 0.5) is 0 Å². The largest absolute Gasteiger partial charge is 0.358 e. The van der Waals surface area contributed by atoms with E-state index in [9.17, 15) is 4.79 Å². The molecule has 1 aromatic rings. The van der Waals surface area contributed by atoms with Crippen LogP contribution in [-0.4, -0.2) is 63.1 Å². The predicted molar refractivity (Wildman–Crippen MR) is 113 cm³/mol. The van der Waals surface area contributed by atoms with Crippen LogP contribution in [0.25, 0.3) is 0 Å². The van der Waals surface area contributed by atoms with Crippen LogP contribution in [0.15, 0.2) is 33.7 Å². The fourth-order valence-corrected chi connectivity index (χ4v) is 4.09. The Hall–Kier alpha value is -1.60. The van der Waals surface area contributed by atoms with Gasteiger partial charge in [0.05, 0.1) is 6.54 Å². The van der Waals surface area contributed by atoms with Crippen LogP contribution in [0.2, 0.25) is 0 Å². The van der Waals surface area contributed by atoms with E-state index >= 15 is 0 Å². The van der Waals surface area contributed by atoms with Gasteiger partial charge in [0.2, 0.25) is 5.91 Å². The third-order valence-corrected chi connectivity index (χ3v) is 6.18. The highest BCUT2D eigenvalue weighted by Crippen LogP contribution is 2.48. The Kier molecular flexibility index (Phi) is 6.76. The zero-order chi connectivity index (χ0) is 19.3. The first kappa shape index (κ1) is 20.1. The van der Waals surface area contributed by atoms with Crippen molar-refractivity contribution in [3.05, 3.63) is 34.3 Å². The second kappa shape index (κ2) is 9.06. The normalized spacial score (nSPS) is 20.2. The van der Waals surface area contributed by atoms with Gasteiger partial charge in [0.15, 0.2) is 5.96 Å². The molecule has 1 aromatic carbocycles. The first-order chi connectivity index (χ1) is 13.0. The number of nitrogens with zero attached hydrogens (tertiary/aromatic N) is 2. The zero-order valence-corrected chi connectivity index (χ0v) is 17.8. The summed E-state index contributed by atoms with van der Waals surface area (Å²) in [6, 6.07) is 9.03. The number of rotatable bonds is 6. The molecule has 1 heterocycles. The molecule has 3 N–H and O–H groups in total. The van der Waals surface area contributed by atoms with Crippen molar-refractivity contribution in [3.63, 3.8) is 0 Å². The van der Waals surface area contributed by atoms with Crippen molar-refractivity contribution < 1.29 is 4.79 Å². The van der Waals surface area contributed by atoms with E-state index in [2.05, 4.69) is 66.0 Å². The summed E-state index contributed by atoms with van der Waals surface area (Å²) in [5, 5.41) is 9.79. The van der Waals surface area contributed by atoms with Gasteiger partial charge in [-0.15, -0.1) is 0 Å². The van der Waals surface area contributed by atoms with Crippen LogP contribution >= 0.6 is 15.9 Å². The lowest BCUT2D eigenvalue weighted by Gasteiger charge is -2.32. The number of hydrogen-bond acceptors (Lipinski definition) is 3. The van der Waals surface area contributed by atoms with E-state index in [1.165, 1.54) is 18.4 Å². The summed E-state index contributed by atoms with van der Waals surface area (Å²) in [5.74, 6) is 0.960. The average Bonchev–Trinajstić information content (AvgIpc) is 3.47. The highest BCUT2D eigenvalue weighted by Gasteiger charge is 2.44. The Labute approximate surface area is 170 Å². The predicted octanol–water partition coefficient (Wildman–Crippen LogP) is 1.86. The van der Waals surface area contributed by atoms with Crippen LogP contribution < -0.4 is 16.0 Å². The van der Waals surface area contributed by atoms with Gasteiger partial charge in [-0.3, -0.25) is 14.7 Å². The molecule has 1 saturated heterocycles. The summed E-state index contributed by atoms with van der Waals surface area (Å²) in [7, 11) is 3.52. The molecule has 148 valence electrons. The van der Waals surface area contributed by atoms with Crippen molar-refractivity contribution in [2.24, 2.45) is 4.99 Å². The van der Waals surface area contributed by atoms with E-state index in [0.29, 0.717) is 12.6 Å². The van der Waals surface area contributed by atoms with Gasteiger partial charge in [-0.05, 0) is 43.4 Å². The molecule has 0 unspecified atom stereocenters. The van der Waals surface area contributed by atoms with Gasteiger partial charge in [-0.25, -0.2) is 0 Å². The van der Waals surface area contributed by atoms with E-state index in [-0.39, 0.29) is 11.3 Å². The Morgan fingerprint density at radius 2 is 2.07 bits per heavy atom. The summed E-state index contributed by atoms with van der Waals surface area (Å²) in [5.41, 5.74) is 1.63. The van der Waals surface area contributed by atoms with Crippen LogP contribution in [-0.2, 0) is 10.2 Å². The molecule has 1 aliphatic carbocycles. The van der Waals surface area contributed by atoms with E-state index in [0.717, 1.165) is 42.9 Å². The number of amides is 1. The molecule has 3 rings (SSSR count). The minimum absolute atomic E-state index is 0.0844. The Balaban J connectivity index is 1.46. The van der Waals surface area contributed by atoms with Gasteiger partial charge in [-0.2, -0.15) is 0 Å². The summed E-state index contributed by atoms with van der Waals surface area (Å²) in [4.78, 5) is 18.1. The number of hydrogen-bond donors (Lipinski definition) is 3. The van der Waals surface area contributed by atoms with E-state index < -0.39 is 0 Å². The molecule has 2 fully saturated rings. The Bertz CT molecular complexity index is 681. The molecule has 7 heteroatoms. The van der Waals surface area contributed by atoms with Crippen molar-refractivity contribution in [1.29, 1.82) is 0 Å². The summed E-state index contributed by atoms with van der Waals surface area (Å²) in [6.07, 6.45) is 4.47. The van der Waals surface area contributed by atoms with E-state index in [1.54, 1.807) is 7.05 Å². The monoisotopic (exact) mass is 435 g/mol. The van der Waals surface area contributed by atoms with Gasteiger partial charge in [0.1, 0.15) is 0 Å². The molecule has 1 amide bonds. The molecule has 0 aromatic heterocycles. The first-order valence-corrected chi connectivity index (χ1v) is 10.5. The smallest absolute Gasteiger partial charge is 0.233 e. The molecule has 0 spiro atoms. The lowest BCUT2D eigenvalue weighted by molar-refractivity contribution is -0.122. The molecule has 27 heavy (non-hydrogen) atoms. The summed E-state index contributed by atoms with van der Waals surface area (Å²) >= 11 is 3.58. The fourth-order valence-electron chi connectivity index (χ4n) is 3.70. The number of piperidine rings is 1. The van der Waals surface area contributed by atoms with Gasteiger partial charge < -0.3 is 16.0 Å². The number of carbonyl (C=O) groups excluding carboxylic acids is 1. The maximum absolute atomic E-state index is 11.5. The SMILES string of the molecule is CN=C(NCC1(c2cccc(Br)c2)CC1)NC1CCN(CC(=O)NC)CC1. The topological polar surface area (TPSA) is 68.8 Å². The molecule has 2 aliphatic rings. The lowest BCUT2D eigenvalue weighted by Crippen LogP contribution is -2.50. The van der Waals surface area contributed by atoms with Crippen molar-refractivity contribution >= 4 is 27.8 Å². The number of aliphatic imine (C=N–C) groups is 1. The first-order valence-electron chi connectivity index (χ1n) is 9.71. The highest BCUT2D eigenvalue weighted by atomic mass is 79.9. The van der Waals surface area contributed by atoms with Gasteiger partial charge in [-0.1, -0.05) is 28.1 Å². The third kappa shape index (κ3) is 5.45. The minimum Gasteiger partial charge on any atom is -0.358 e. The second-order valence-electron chi connectivity index (χ2n) is 7.58. The number of halogens is 1. The van der Waals surface area contributed by atoms with Gasteiger partial charge in [0, 0.05) is 49.7 Å². The number of carbonyl (C=O) groups is 1. The van der Waals surface area contributed by atoms with Crippen LogP contribution in [0, 0.1) is 0 Å². The van der Waals surface area contributed by atoms with Crippen molar-refractivity contribution in [2.75, 3.05) is 40.3 Å². The molecular formula is C20H30BrN5O. The summed E-state index contributed by atoms with van der Waals surface area (Å²) in [6.45, 7) is 3.26. The Morgan fingerprint density at radius 3 is 2.67 bits per heavy atom. The minimum atomic E-state index is 0.0844. The van der Waals surface area contributed by atoms with Crippen molar-refractivity contribution in [1.82, 2.24) is 20.9 Å². The maximum Gasteiger partial charge on any atom is 0.233 e.